The van der Waals surface area contributed by atoms with E-state index in [9.17, 15) is 0 Å². The summed E-state index contributed by atoms with van der Waals surface area (Å²) in [5.74, 6) is 0.381. The lowest BCUT2D eigenvalue weighted by atomic mass is 10.1. The SMILES string of the molecule is CSc1nc(N)nc2c1CCNC2. The van der Waals surface area contributed by atoms with Crippen LogP contribution in [0.2, 0.25) is 0 Å². The third kappa shape index (κ3) is 1.62. The van der Waals surface area contributed by atoms with Crippen LogP contribution in [0, 0.1) is 0 Å². The fraction of sp³-hybridized carbons (Fsp3) is 0.500. The summed E-state index contributed by atoms with van der Waals surface area (Å²) in [6.07, 6.45) is 3.02. The summed E-state index contributed by atoms with van der Waals surface area (Å²) < 4.78 is 0. The summed E-state index contributed by atoms with van der Waals surface area (Å²) in [5, 5.41) is 4.30. The van der Waals surface area contributed by atoms with Gasteiger partial charge in [0.05, 0.1) is 5.69 Å². The molecule has 13 heavy (non-hydrogen) atoms. The molecule has 0 aliphatic carbocycles. The van der Waals surface area contributed by atoms with E-state index in [-0.39, 0.29) is 0 Å². The lowest BCUT2D eigenvalue weighted by Crippen LogP contribution is -2.26. The van der Waals surface area contributed by atoms with Crippen LogP contribution in [-0.4, -0.2) is 22.8 Å². The first-order valence-corrected chi connectivity index (χ1v) is 5.43. The van der Waals surface area contributed by atoms with Gasteiger partial charge in [0.2, 0.25) is 5.95 Å². The van der Waals surface area contributed by atoms with Crippen molar-refractivity contribution in [3.05, 3.63) is 11.3 Å². The van der Waals surface area contributed by atoms with Crippen molar-refractivity contribution < 1.29 is 0 Å². The van der Waals surface area contributed by atoms with Gasteiger partial charge in [-0.2, -0.15) is 0 Å². The molecule has 0 unspecified atom stereocenters. The molecule has 4 nitrogen and oxygen atoms in total. The third-order valence-corrected chi connectivity index (χ3v) is 2.83. The summed E-state index contributed by atoms with van der Waals surface area (Å²) in [7, 11) is 0. The Morgan fingerprint density at radius 2 is 2.31 bits per heavy atom. The zero-order valence-electron chi connectivity index (χ0n) is 7.50. The minimum atomic E-state index is 0.381. The number of hydrogen-bond acceptors (Lipinski definition) is 5. The van der Waals surface area contributed by atoms with E-state index in [1.54, 1.807) is 11.8 Å². The number of hydrogen-bond donors (Lipinski definition) is 2. The first kappa shape index (κ1) is 8.77. The molecule has 0 fully saturated rings. The Balaban J connectivity index is 2.50. The standard InChI is InChI=1S/C8H12N4S/c1-13-7-5-2-3-10-4-6(5)11-8(9)12-7/h10H,2-4H2,1H3,(H2,9,11,12). The van der Waals surface area contributed by atoms with E-state index in [1.165, 1.54) is 5.56 Å². The Bertz CT molecular complexity index is 309. The van der Waals surface area contributed by atoms with Crippen molar-refractivity contribution >= 4 is 17.7 Å². The van der Waals surface area contributed by atoms with Gasteiger partial charge in [-0.25, -0.2) is 9.97 Å². The van der Waals surface area contributed by atoms with Gasteiger partial charge in [-0.05, 0) is 19.2 Å². The summed E-state index contributed by atoms with van der Waals surface area (Å²) in [6, 6.07) is 0. The van der Waals surface area contributed by atoms with Crippen molar-refractivity contribution in [3.8, 4) is 0 Å². The molecule has 1 aromatic heterocycles. The molecule has 0 spiro atoms. The van der Waals surface area contributed by atoms with Crippen molar-refractivity contribution in [1.82, 2.24) is 15.3 Å². The van der Waals surface area contributed by atoms with Gasteiger partial charge < -0.3 is 11.1 Å². The van der Waals surface area contributed by atoms with Crippen LogP contribution < -0.4 is 11.1 Å². The summed E-state index contributed by atoms with van der Waals surface area (Å²) >= 11 is 1.64. The van der Waals surface area contributed by atoms with Crippen LogP contribution in [0.4, 0.5) is 5.95 Å². The van der Waals surface area contributed by atoms with E-state index >= 15 is 0 Å². The Kier molecular flexibility index (Phi) is 2.37. The average Bonchev–Trinajstić information content (AvgIpc) is 2.16. The Hall–Kier alpha value is -0.810. The second kappa shape index (κ2) is 3.51. The van der Waals surface area contributed by atoms with Gasteiger partial charge >= 0.3 is 0 Å². The molecule has 1 aliphatic rings. The number of aromatic nitrogens is 2. The Labute approximate surface area is 81.3 Å². The molecule has 0 saturated carbocycles. The zero-order valence-corrected chi connectivity index (χ0v) is 8.32. The van der Waals surface area contributed by atoms with Gasteiger partial charge in [-0.1, -0.05) is 0 Å². The summed E-state index contributed by atoms with van der Waals surface area (Å²) in [6.45, 7) is 1.82. The molecule has 0 amide bonds. The largest absolute Gasteiger partial charge is 0.368 e. The third-order valence-electron chi connectivity index (χ3n) is 2.11. The van der Waals surface area contributed by atoms with E-state index in [4.69, 9.17) is 5.73 Å². The fourth-order valence-corrected chi connectivity index (χ4v) is 2.16. The monoisotopic (exact) mass is 196 g/mol. The van der Waals surface area contributed by atoms with Crippen molar-refractivity contribution in [1.29, 1.82) is 0 Å². The van der Waals surface area contributed by atoms with Gasteiger partial charge in [-0.15, -0.1) is 11.8 Å². The van der Waals surface area contributed by atoms with E-state index in [2.05, 4.69) is 15.3 Å². The van der Waals surface area contributed by atoms with Crippen LogP contribution in [-0.2, 0) is 13.0 Å². The number of fused-ring (bicyclic) bond motifs is 1. The van der Waals surface area contributed by atoms with E-state index in [1.807, 2.05) is 6.26 Å². The summed E-state index contributed by atoms with van der Waals surface area (Å²) in [5.41, 5.74) is 7.92. The fourth-order valence-electron chi connectivity index (χ4n) is 1.51. The van der Waals surface area contributed by atoms with Crippen molar-refractivity contribution in [2.75, 3.05) is 18.5 Å². The predicted molar refractivity (Wildman–Crippen MR) is 53.6 cm³/mol. The number of anilines is 1. The molecule has 0 saturated heterocycles. The summed E-state index contributed by atoms with van der Waals surface area (Å²) in [4.78, 5) is 8.42. The number of nitrogens with one attached hydrogen (secondary N) is 1. The molecular formula is C8H12N4S. The number of rotatable bonds is 1. The second-order valence-corrected chi connectivity index (χ2v) is 3.74. The first-order valence-electron chi connectivity index (χ1n) is 4.21. The van der Waals surface area contributed by atoms with Crippen LogP contribution in [0.3, 0.4) is 0 Å². The average molecular weight is 196 g/mol. The van der Waals surface area contributed by atoms with Crippen LogP contribution >= 0.6 is 11.8 Å². The number of nitrogen functional groups attached to an aromatic ring is 1. The maximum Gasteiger partial charge on any atom is 0.221 e. The van der Waals surface area contributed by atoms with Gasteiger partial charge in [-0.3, -0.25) is 0 Å². The molecule has 2 heterocycles. The molecule has 0 bridgehead atoms. The molecule has 0 radical (unpaired) electrons. The number of nitrogens with two attached hydrogens (primary N) is 1. The minimum absolute atomic E-state index is 0.381. The molecule has 0 aromatic carbocycles. The van der Waals surface area contributed by atoms with E-state index in [0.717, 1.165) is 30.2 Å². The molecule has 70 valence electrons. The molecule has 1 aliphatic heterocycles. The lowest BCUT2D eigenvalue weighted by molar-refractivity contribution is 0.612. The van der Waals surface area contributed by atoms with Gasteiger partial charge in [0.1, 0.15) is 5.03 Å². The molecule has 0 atom stereocenters. The number of thioether (sulfide) groups is 1. The van der Waals surface area contributed by atoms with Gasteiger partial charge in [0.15, 0.2) is 0 Å². The normalized spacial score (nSPS) is 15.5. The highest BCUT2D eigenvalue weighted by Crippen LogP contribution is 2.23. The maximum atomic E-state index is 5.59. The van der Waals surface area contributed by atoms with Crippen molar-refractivity contribution in [2.45, 2.75) is 18.0 Å². The minimum Gasteiger partial charge on any atom is -0.368 e. The highest BCUT2D eigenvalue weighted by molar-refractivity contribution is 7.98. The molecular weight excluding hydrogens is 184 g/mol. The molecule has 1 aromatic rings. The predicted octanol–water partition coefficient (Wildman–Crippen LogP) is 0.426. The van der Waals surface area contributed by atoms with Gasteiger partial charge in [0, 0.05) is 12.1 Å². The van der Waals surface area contributed by atoms with Gasteiger partial charge in [0.25, 0.3) is 0 Å². The highest BCUT2D eigenvalue weighted by Gasteiger charge is 2.15. The quantitative estimate of drug-likeness (QED) is 0.503. The lowest BCUT2D eigenvalue weighted by Gasteiger charge is -2.18. The van der Waals surface area contributed by atoms with Crippen LogP contribution in [0.15, 0.2) is 5.03 Å². The van der Waals surface area contributed by atoms with Crippen molar-refractivity contribution in [2.24, 2.45) is 0 Å². The maximum absolute atomic E-state index is 5.59. The highest BCUT2D eigenvalue weighted by atomic mass is 32.2. The Morgan fingerprint density at radius 1 is 1.46 bits per heavy atom. The first-order chi connectivity index (χ1) is 6.31. The molecule has 3 N–H and O–H groups in total. The topological polar surface area (TPSA) is 63.8 Å². The molecule has 2 rings (SSSR count). The van der Waals surface area contributed by atoms with Crippen LogP contribution in [0.1, 0.15) is 11.3 Å². The smallest absolute Gasteiger partial charge is 0.221 e. The Morgan fingerprint density at radius 3 is 3.08 bits per heavy atom. The van der Waals surface area contributed by atoms with Crippen LogP contribution in [0.25, 0.3) is 0 Å². The molecule has 5 heteroatoms. The number of nitrogens with zero attached hydrogens (tertiary/aromatic N) is 2. The van der Waals surface area contributed by atoms with E-state index in [0.29, 0.717) is 5.95 Å². The van der Waals surface area contributed by atoms with Crippen LogP contribution in [0.5, 0.6) is 0 Å². The zero-order chi connectivity index (χ0) is 9.26. The second-order valence-electron chi connectivity index (χ2n) is 2.94. The van der Waals surface area contributed by atoms with Crippen molar-refractivity contribution in [3.63, 3.8) is 0 Å². The van der Waals surface area contributed by atoms with E-state index < -0.39 is 0 Å².